The molecule has 0 spiro atoms. The lowest BCUT2D eigenvalue weighted by Crippen LogP contribution is -2.39. The minimum atomic E-state index is -0.264. The van der Waals surface area contributed by atoms with E-state index in [9.17, 15) is 9.59 Å². The van der Waals surface area contributed by atoms with E-state index in [1.165, 1.54) is 0 Å². The molecule has 0 fully saturated rings. The quantitative estimate of drug-likeness (QED) is 0.721. The lowest BCUT2D eigenvalue weighted by molar-refractivity contribution is -0.132. The number of hydrogen-bond donors (Lipinski definition) is 1. The van der Waals surface area contributed by atoms with Gasteiger partial charge in [0.1, 0.15) is 0 Å². The third-order valence-corrected chi connectivity index (χ3v) is 4.45. The molecule has 0 bridgehead atoms. The molecule has 0 aliphatic rings. The second-order valence-corrected chi connectivity index (χ2v) is 6.54. The van der Waals surface area contributed by atoms with Crippen LogP contribution in [0.25, 0.3) is 0 Å². The number of nitrogens with one attached hydrogen (secondary N) is 1. The zero-order valence-electron chi connectivity index (χ0n) is 16.9. The second-order valence-electron chi connectivity index (χ2n) is 6.54. The summed E-state index contributed by atoms with van der Waals surface area (Å²) in [5.41, 5.74) is 1.54. The molecule has 1 atom stereocenters. The fourth-order valence-electron chi connectivity index (χ4n) is 2.91. The molecule has 2 rings (SSSR count). The summed E-state index contributed by atoms with van der Waals surface area (Å²) < 4.78 is 10.6. The number of nitrogens with zero attached hydrogens (tertiary/aromatic N) is 1. The van der Waals surface area contributed by atoms with Gasteiger partial charge in [0.2, 0.25) is 5.91 Å². The van der Waals surface area contributed by atoms with E-state index in [0.717, 1.165) is 5.56 Å². The van der Waals surface area contributed by atoms with Crippen LogP contribution in [0.15, 0.2) is 48.5 Å². The van der Waals surface area contributed by atoms with E-state index < -0.39 is 0 Å². The molecule has 2 aromatic carbocycles. The van der Waals surface area contributed by atoms with Crippen LogP contribution < -0.4 is 14.8 Å². The third kappa shape index (κ3) is 5.74. The highest BCUT2D eigenvalue weighted by molar-refractivity contribution is 5.94. The van der Waals surface area contributed by atoms with Crippen molar-refractivity contribution in [3.05, 3.63) is 59.7 Å². The zero-order valence-corrected chi connectivity index (χ0v) is 16.9. The van der Waals surface area contributed by atoms with Gasteiger partial charge in [-0.2, -0.15) is 0 Å². The van der Waals surface area contributed by atoms with E-state index in [4.69, 9.17) is 9.47 Å². The summed E-state index contributed by atoms with van der Waals surface area (Å²) in [4.78, 5) is 26.7. The van der Waals surface area contributed by atoms with Gasteiger partial charge in [-0.15, -0.1) is 0 Å². The van der Waals surface area contributed by atoms with Crippen LogP contribution in [-0.4, -0.2) is 43.5 Å². The van der Waals surface area contributed by atoms with E-state index in [2.05, 4.69) is 5.32 Å². The molecule has 0 saturated heterocycles. The summed E-state index contributed by atoms with van der Waals surface area (Å²) in [6.45, 7) is 4.82. The molecule has 150 valence electrons. The summed E-state index contributed by atoms with van der Waals surface area (Å²) in [5.74, 6) is 1.09. The molecule has 2 aromatic rings. The number of ether oxygens (including phenoxy) is 2. The molecule has 0 radical (unpaired) electrons. The second kappa shape index (κ2) is 10.3. The van der Waals surface area contributed by atoms with Gasteiger partial charge in [0, 0.05) is 31.1 Å². The third-order valence-electron chi connectivity index (χ3n) is 4.45. The van der Waals surface area contributed by atoms with Crippen molar-refractivity contribution in [2.45, 2.75) is 32.9 Å². The zero-order chi connectivity index (χ0) is 20.5. The van der Waals surface area contributed by atoms with Gasteiger partial charge in [-0.1, -0.05) is 24.3 Å². The summed E-state index contributed by atoms with van der Waals surface area (Å²) in [6, 6.07) is 14.3. The van der Waals surface area contributed by atoms with Crippen molar-refractivity contribution < 1.29 is 19.1 Å². The van der Waals surface area contributed by atoms with Crippen molar-refractivity contribution in [3.63, 3.8) is 0 Å². The molecule has 2 amide bonds. The molecular formula is C22H28N2O4. The van der Waals surface area contributed by atoms with Crippen molar-refractivity contribution in [1.82, 2.24) is 10.2 Å². The van der Waals surface area contributed by atoms with Gasteiger partial charge in [0.15, 0.2) is 11.5 Å². The van der Waals surface area contributed by atoms with Crippen LogP contribution in [0.1, 0.15) is 36.2 Å². The Morgan fingerprint density at radius 1 is 1.04 bits per heavy atom. The molecule has 0 saturated carbocycles. The highest BCUT2D eigenvalue weighted by Crippen LogP contribution is 2.28. The lowest BCUT2D eigenvalue weighted by atomic mass is 10.1. The van der Waals surface area contributed by atoms with Crippen LogP contribution in [0, 0.1) is 0 Å². The fourth-order valence-corrected chi connectivity index (χ4v) is 2.91. The Labute approximate surface area is 166 Å². The first-order valence-corrected chi connectivity index (χ1v) is 9.33. The van der Waals surface area contributed by atoms with Gasteiger partial charge in [-0.3, -0.25) is 9.59 Å². The molecule has 1 unspecified atom stereocenters. The van der Waals surface area contributed by atoms with E-state index in [1.54, 1.807) is 31.3 Å². The topological polar surface area (TPSA) is 67.9 Å². The van der Waals surface area contributed by atoms with Crippen LogP contribution in [-0.2, 0) is 11.3 Å². The molecule has 0 aromatic heterocycles. The van der Waals surface area contributed by atoms with Gasteiger partial charge in [-0.25, -0.2) is 0 Å². The van der Waals surface area contributed by atoms with E-state index in [0.29, 0.717) is 30.2 Å². The largest absolute Gasteiger partial charge is 0.493 e. The molecule has 0 aliphatic carbocycles. The van der Waals surface area contributed by atoms with Crippen molar-refractivity contribution in [3.8, 4) is 11.5 Å². The van der Waals surface area contributed by atoms with Crippen LogP contribution in [0.2, 0.25) is 0 Å². The van der Waals surface area contributed by atoms with Crippen molar-refractivity contribution in [2.24, 2.45) is 0 Å². The smallest absolute Gasteiger partial charge is 0.251 e. The van der Waals surface area contributed by atoms with Crippen LogP contribution in [0.5, 0.6) is 11.5 Å². The summed E-state index contributed by atoms with van der Waals surface area (Å²) in [6.07, 6.45) is 0.236. The summed E-state index contributed by atoms with van der Waals surface area (Å²) >= 11 is 0. The number of amides is 2. The predicted molar refractivity (Wildman–Crippen MR) is 109 cm³/mol. The monoisotopic (exact) mass is 384 g/mol. The predicted octanol–water partition coefficient (Wildman–Crippen LogP) is 3.26. The normalized spacial score (nSPS) is 11.4. The minimum Gasteiger partial charge on any atom is -0.493 e. The number of rotatable bonds is 9. The Balaban J connectivity index is 1.96. The molecule has 1 N–H and O–H groups in total. The highest BCUT2D eigenvalue weighted by atomic mass is 16.5. The Morgan fingerprint density at radius 2 is 1.71 bits per heavy atom. The van der Waals surface area contributed by atoms with Gasteiger partial charge in [-0.05, 0) is 43.7 Å². The Kier molecular flexibility index (Phi) is 7.87. The molecular weight excluding hydrogens is 356 g/mol. The molecule has 6 heteroatoms. The maximum atomic E-state index is 12.7. The van der Waals surface area contributed by atoms with Gasteiger partial charge >= 0.3 is 0 Å². The standard InChI is InChI=1S/C22H28N2O4/c1-5-24(15-17-11-12-19(27-3)20(14-17)28-4)21(25)13-16(2)23-22(26)18-9-7-6-8-10-18/h6-12,14,16H,5,13,15H2,1-4H3,(H,23,26). The maximum Gasteiger partial charge on any atom is 0.251 e. The summed E-state index contributed by atoms with van der Waals surface area (Å²) in [7, 11) is 3.17. The highest BCUT2D eigenvalue weighted by Gasteiger charge is 2.18. The SMILES string of the molecule is CCN(Cc1ccc(OC)c(OC)c1)C(=O)CC(C)NC(=O)c1ccccc1. The Hall–Kier alpha value is -3.02. The van der Waals surface area contributed by atoms with Gasteiger partial charge < -0.3 is 19.7 Å². The van der Waals surface area contributed by atoms with Gasteiger partial charge in [0.05, 0.1) is 14.2 Å². The molecule has 0 aliphatic heterocycles. The number of carbonyl (C=O) groups is 2. The first-order valence-electron chi connectivity index (χ1n) is 9.33. The van der Waals surface area contributed by atoms with Crippen LogP contribution in [0.3, 0.4) is 0 Å². The van der Waals surface area contributed by atoms with Gasteiger partial charge in [0.25, 0.3) is 5.91 Å². The average molecular weight is 384 g/mol. The van der Waals surface area contributed by atoms with Crippen LogP contribution in [0.4, 0.5) is 0 Å². The van der Waals surface area contributed by atoms with E-state index >= 15 is 0 Å². The van der Waals surface area contributed by atoms with Crippen molar-refractivity contribution >= 4 is 11.8 Å². The number of benzene rings is 2. The summed E-state index contributed by atoms with van der Waals surface area (Å²) in [5, 5.41) is 2.88. The molecule has 0 heterocycles. The maximum absolute atomic E-state index is 12.7. The van der Waals surface area contributed by atoms with E-state index in [-0.39, 0.29) is 24.3 Å². The van der Waals surface area contributed by atoms with Crippen LogP contribution >= 0.6 is 0 Å². The first-order chi connectivity index (χ1) is 13.5. The number of methoxy groups -OCH3 is 2. The molecule has 6 nitrogen and oxygen atoms in total. The number of carbonyl (C=O) groups excluding carboxylic acids is 2. The average Bonchev–Trinajstić information content (AvgIpc) is 2.72. The minimum absolute atomic E-state index is 0.0156. The Morgan fingerprint density at radius 3 is 2.32 bits per heavy atom. The first kappa shape index (κ1) is 21.3. The van der Waals surface area contributed by atoms with Crippen molar-refractivity contribution in [1.29, 1.82) is 0 Å². The van der Waals surface area contributed by atoms with E-state index in [1.807, 2.05) is 50.2 Å². The molecule has 28 heavy (non-hydrogen) atoms. The fraction of sp³-hybridized carbons (Fsp3) is 0.364. The lowest BCUT2D eigenvalue weighted by Gasteiger charge is -2.24. The Bertz CT molecular complexity index is 792. The van der Waals surface area contributed by atoms with Crippen molar-refractivity contribution in [2.75, 3.05) is 20.8 Å². The number of hydrogen-bond acceptors (Lipinski definition) is 4.